The molecule has 0 atom stereocenters. The number of nitrogens with one attached hydrogen (secondary N) is 1. The molecule has 1 amide bonds. The number of halogens is 1. The van der Waals surface area contributed by atoms with E-state index < -0.39 is 0 Å². The van der Waals surface area contributed by atoms with Crippen molar-refractivity contribution in [3.05, 3.63) is 86.8 Å². The summed E-state index contributed by atoms with van der Waals surface area (Å²) in [5.74, 6) is 0.569. The number of ether oxygens (including phenoxy) is 2. The summed E-state index contributed by atoms with van der Waals surface area (Å²) in [6.45, 7) is 4.23. The third kappa shape index (κ3) is 6.22. The van der Waals surface area contributed by atoms with E-state index in [0.29, 0.717) is 37.1 Å². The largest absolute Gasteiger partial charge is 0.487 e. The van der Waals surface area contributed by atoms with Crippen LogP contribution in [0.3, 0.4) is 0 Å². The van der Waals surface area contributed by atoms with Crippen LogP contribution in [0.1, 0.15) is 34.7 Å². The maximum atomic E-state index is 12.7. The van der Waals surface area contributed by atoms with Gasteiger partial charge in [0.2, 0.25) is 5.91 Å². The van der Waals surface area contributed by atoms with Gasteiger partial charge in [0.15, 0.2) is 0 Å². The van der Waals surface area contributed by atoms with Crippen molar-refractivity contribution >= 4 is 34.9 Å². The second-order valence-electron chi connectivity index (χ2n) is 8.14. The van der Waals surface area contributed by atoms with Gasteiger partial charge in [0.1, 0.15) is 12.4 Å². The summed E-state index contributed by atoms with van der Waals surface area (Å²) >= 11 is 7.84. The fourth-order valence-corrected chi connectivity index (χ4v) is 4.79. The van der Waals surface area contributed by atoms with Crippen molar-refractivity contribution in [1.82, 2.24) is 10.3 Å². The van der Waals surface area contributed by atoms with Gasteiger partial charge < -0.3 is 14.8 Å². The minimum atomic E-state index is -0.181. The molecule has 1 N–H and O–H groups in total. The Labute approximate surface area is 203 Å². The van der Waals surface area contributed by atoms with E-state index in [9.17, 15) is 4.79 Å². The Morgan fingerprint density at radius 1 is 1.24 bits per heavy atom. The molecule has 1 fully saturated rings. The fraction of sp³-hybridized carbons (Fsp3) is 0.308. The number of para-hydroxylation sites is 1. The summed E-state index contributed by atoms with van der Waals surface area (Å²) in [5, 5.41) is 6.80. The topological polar surface area (TPSA) is 60.5 Å². The quantitative estimate of drug-likeness (QED) is 0.427. The minimum absolute atomic E-state index is 0.146. The highest BCUT2D eigenvalue weighted by atomic mass is 35.5. The first-order valence-corrected chi connectivity index (χ1v) is 12.2. The first kappa shape index (κ1) is 23.5. The zero-order chi connectivity index (χ0) is 23.1. The lowest BCUT2D eigenvalue weighted by Crippen LogP contribution is -2.44. The van der Waals surface area contributed by atoms with Crippen molar-refractivity contribution in [2.24, 2.45) is 0 Å². The number of thiazole rings is 1. The van der Waals surface area contributed by atoms with Crippen LogP contribution in [0.4, 0.5) is 0 Å². The Morgan fingerprint density at radius 3 is 2.82 bits per heavy atom. The number of carbonyl (C=O) groups excluding carboxylic acids is 1. The molecule has 0 spiro atoms. The van der Waals surface area contributed by atoms with Crippen LogP contribution in [0.15, 0.2) is 60.0 Å². The van der Waals surface area contributed by atoms with E-state index in [2.05, 4.69) is 16.4 Å². The zero-order valence-corrected chi connectivity index (χ0v) is 20.1. The molecular weight excluding hydrogens is 456 g/mol. The van der Waals surface area contributed by atoms with Crippen molar-refractivity contribution in [1.29, 1.82) is 0 Å². The standard InChI is InChI=1S/C26H27ClN2O3S/c1-19-29-23(17-33-19)16-32-24-8-3-2-5-20(24)9-10-25(30)28-18-26(11-13-31-14-12-26)21-6-4-7-22(27)15-21/h2-10,15,17H,11-14,16,18H2,1H3,(H,28,30)/b10-9+. The van der Waals surface area contributed by atoms with Crippen LogP contribution in [0.25, 0.3) is 6.08 Å². The number of hydrogen-bond donors (Lipinski definition) is 1. The molecule has 1 saturated heterocycles. The number of benzene rings is 2. The van der Waals surface area contributed by atoms with Gasteiger partial charge in [0.25, 0.3) is 0 Å². The Morgan fingerprint density at radius 2 is 2.06 bits per heavy atom. The smallest absolute Gasteiger partial charge is 0.244 e. The highest BCUT2D eigenvalue weighted by Crippen LogP contribution is 2.35. The van der Waals surface area contributed by atoms with Gasteiger partial charge in [-0.15, -0.1) is 11.3 Å². The highest BCUT2D eigenvalue weighted by Gasteiger charge is 2.34. The molecule has 172 valence electrons. The number of nitrogens with zero attached hydrogens (tertiary/aromatic N) is 1. The van der Waals surface area contributed by atoms with Crippen molar-refractivity contribution in [3.8, 4) is 5.75 Å². The molecule has 1 aliphatic rings. The van der Waals surface area contributed by atoms with Crippen LogP contribution in [0.2, 0.25) is 5.02 Å². The molecule has 2 aromatic carbocycles. The maximum Gasteiger partial charge on any atom is 0.244 e. The van der Waals surface area contributed by atoms with Gasteiger partial charge in [-0.25, -0.2) is 4.98 Å². The maximum absolute atomic E-state index is 12.7. The number of carbonyl (C=O) groups is 1. The van der Waals surface area contributed by atoms with Crippen LogP contribution in [-0.2, 0) is 21.6 Å². The second kappa shape index (κ2) is 11.0. The fourth-order valence-electron chi connectivity index (χ4n) is 4.00. The summed E-state index contributed by atoms with van der Waals surface area (Å²) in [6.07, 6.45) is 5.02. The van der Waals surface area contributed by atoms with Crippen LogP contribution in [0, 0.1) is 6.92 Å². The van der Waals surface area contributed by atoms with E-state index in [4.69, 9.17) is 21.1 Å². The van der Waals surface area contributed by atoms with Gasteiger partial charge in [0, 0.05) is 47.2 Å². The number of amides is 1. The molecule has 5 nitrogen and oxygen atoms in total. The summed E-state index contributed by atoms with van der Waals surface area (Å²) in [6, 6.07) is 15.6. The third-order valence-corrected chi connectivity index (χ3v) is 6.92. The Balaban J connectivity index is 1.40. The van der Waals surface area contributed by atoms with E-state index in [1.54, 1.807) is 23.5 Å². The molecule has 2 heterocycles. The number of aromatic nitrogens is 1. The van der Waals surface area contributed by atoms with Crippen LogP contribution >= 0.6 is 22.9 Å². The lowest BCUT2D eigenvalue weighted by Gasteiger charge is -2.38. The van der Waals surface area contributed by atoms with Gasteiger partial charge in [-0.05, 0) is 49.6 Å². The highest BCUT2D eigenvalue weighted by molar-refractivity contribution is 7.09. The molecule has 0 unspecified atom stereocenters. The molecule has 7 heteroatoms. The predicted molar refractivity (Wildman–Crippen MR) is 133 cm³/mol. The zero-order valence-electron chi connectivity index (χ0n) is 18.6. The van der Waals surface area contributed by atoms with Gasteiger partial charge in [-0.1, -0.05) is 41.9 Å². The van der Waals surface area contributed by atoms with Crippen LogP contribution in [0.5, 0.6) is 5.75 Å². The van der Waals surface area contributed by atoms with Crippen molar-refractivity contribution in [3.63, 3.8) is 0 Å². The van der Waals surface area contributed by atoms with E-state index >= 15 is 0 Å². The molecule has 3 aromatic rings. The van der Waals surface area contributed by atoms with E-state index in [0.717, 1.165) is 34.7 Å². The second-order valence-corrected chi connectivity index (χ2v) is 9.64. The van der Waals surface area contributed by atoms with E-state index in [1.807, 2.05) is 54.8 Å². The normalized spacial score (nSPS) is 15.5. The van der Waals surface area contributed by atoms with Crippen molar-refractivity contribution < 1.29 is 14.3 Å². The van der Waals surface area contributed by atoms with E-state index in [1.165, 1.54) is 0 Å². The summed E-state index contributed by atoms with van der Waals surface area (Å²) < 4.78 is 11.5. The molecule has 0 saturated carbocycles. The summed E-state index contributed by atoms with van der Waals surface area (Å²) in [4.78, 5) is 17.1. The Bertz CT molecular complexity index is 1120. The van der Waals surface area contributed by atoms with Gasteiger partial charge in [0.05, 0.1) is 10.7 Å². The van der Waals surface area contributed by atoms with Crippen molar-refractivity contribution in [2.75, 3.05) is 19.8 Å². The van der Waals surface area contributed by atoms with Crippen LogP contribution < -0.4 is 10.1 Å². The monoisotopic (exact) mass is 482 g/mol. The molecule has 1 aromatic heterocycles. The molecule has 0 radical (unpaired) electrons. The first-order valence-electron chi connectivity index (χ1n) is 11.0. The molecule has 33 heavy (non-hydrogen) atoms. The SMILES string of the molecule is Cc1nc(COc2ccccc2/C=C/C(=O)NCC2(c3cccc(Cl)c3)CCOCC2)cs1. The summed E-state index contributed by atoms with van der Waals surface area (Å²) in [5.41, 5.74) is 2.70. The summed E-state index contributed by atoms with van der Waals surface area (Å²) in [7, 11) is 0. The molecule has 1 aliphatic heterocycles. The van der Waals surface area contributed by atoms with Crippen LogP contribution in [-0.4, -0.2) is 30.6 Å². The average molecular weight is 483 g/mol. The number of hydrogen-bond acceptors (Lipinski definition) is 5. The third-order valence-electron chi connectivity index (χ3n) is 5.86. The number of aryl methyl sites for hydroxylation is 1. The molecule has 0 aliphatic carbocycles. The minimum Gasteiger partial charge on any atom is -0.487 e. The lowest BCUT2D eigenvalue weighted by atomic mass is 9.74. The Kier molecular flexibility index (Phi) is 7.81. The van der Waals surface area contributed by atoms with E-state index in [-0.39, 0.29) is 11.3 Å². The lowest BCUT2D eigenvalue weighted by molar-refractivity contribution is -0.116. The van der Waals surface area contributed by atoms with Gasteiger partial charge in [-0.3, -0.25) is 4.79 Å². The van der Waals surface area contributed by atoms with Gasteiger partial charge >= 0.3 is 0 Å². The average Bonchev–Trinajstić information content (AvgIpc) is 3.26. The molecular formula is C26H27ClN2O3S. The van der Waals surface area contributed by atoms with Crippen molar-refractivity contribution in [2.45, 2.75) is 31.8 Å². The Hall–Kier alpha value is -2.67. The van der Waals surface area contributed by atoms with Gasteiger partial charge in [-0.2, -0.15) is 0 Å². The molecule has 4 rings (SSSR count). The molecule has 0 bridgehead atoms. The number of rotatable bonds is 8. The first-order chi connectivity index (χ1) is 16.0. The predicted octanol–water partition coefficient (Wildman–Crippen LogP) is 5.56.